The van der Waals surface area contributed by atoms with Gasteiger partial charge in [0.1, 0.15) is 12.1 Å². The third-order valence-corrected chi connectivity index (χ3v) is 2.21. The minimum absolute atomic E-state index is 0.738. The van der Waals surface area contributed by atoms with E-state index in [0.29, 0.717) is 0 Å². The highest BCUT2D eigenvalue weighted by molar-refractivity contribution is 9.10. The van der Waals surface area contributed by atoms with Crippen molar-refractivity contribution in [3.63, 3.8) is 0 Å². The zero-order valence-electron chi connectivity index (χ0n) is 7.86. The van der Waals surface area contributed by atoms with Crippen LogP contribution in [-0.2, 0) is 0 Å². The average Bonchev–Trinajstić information content (AvgIpc) is 2.18. The fourth-order valence-electron chi connectivity index (χ4n) is 1.10. The largest absolute Gasteiger partial charge is 0.348 e. The van der Waals surface area contributed by atoms with Crippen molar-refractivity contribution in [2.75, 3.05) is 18.0 Å². The summed E-state index contributed by atoms with van der Waals surface area (Å²) in [6, 6.07) is 0. The molecule has 14 heavy (non-hydrogen) atoms. The molecule has 0 N–H and O–H groups in total. The van der Waals surface area contributed by atoms with Crippen molar-refractivity contribution in [1.29, 1.82) is 0 Å². The van der Waals surface area contributed by atoms with Gasteiger partial charge in [-0.1, -0.05) is 12.2 Å². The molecule has 4 heteroatoms. The van der Waals surface area contributed by atoms with Crippen LogP contribution in [0.1, 0.15) is 0 Å². The summed E-state index contributed by atoms with van der Waals surface area (Å²) in [5.41, 5.74) is 0. The van der Waals surface area contributed by atoms with Crippen molar-refractivity contribution >= 4 is 21.7 Å². The minimum Gasteiger partial charge on any atom is -0.348 e. The maximum Gasteiger partial charge on any atom is 0.146 e. The Bertz CT molecular complexity index is 315. The molecular formula is C10H12BrN3. The minimum atomic E-state index is 0.738. The number of halogens is 1. The second-order valence-corrected chi connectivity index (χ2v) is 3.53. The van der Waals surface area contributed by atoms with Gasteiger partial charge in [-0.25, -0.2) is 9.97 Å². The molecule has 1 heterocycles. The van der Waals surface area contributed by atoms with Crippen LogP contribution in [0.15, 0.2) is 42.3 Å². The lowest BCUT2D eigenvalue weighted by atomic mass is 10.4. The molecular weight excluding hydrogens is 242 g/mol. The van der Waals surface area contributed by atoms with Gasteiger partial charge in [-0.05, 0) is 15.9 Å². The predicted octanol–water partition coefficient (Wildman–Crippen LogP) is 2.42. The van der Waals surface area contributed by atoms with E-state index in [4.69, 9.17) is 0 Å². The highest BCUT2D eigenvalue weighted by Crippen LogP contribution is 2.21. The van der Waals surface area contributed by atoms with E-state index < -0.39 is 0 Å². The Hall–Kier alpha value is -1.16. The van der Waals surface area contributed by atoms with E-state index in [2.05, 4.69) is 39.1 Å². The van der Waals surface area contributed by atoms with Crippen LogP contribution in [0.25, 0.3) is 0 Å². The standard InChI is InChI=1S/C10H12BrN3/c1-3-5-14(6-4-2)10-9(11)7-12-8-13-10/h3-4,7-8H,1-2,5-6H2. The van der Waals surface area contributed by atoms with E-state index in [-0.39, 0.29) is 0 Å². The lowest BCUT2D eigenvalue weighted by Crippen LogP contribution is -2.24. The van der Waals surface area contributed by atoms with Crippen LogP contribution in [-0.4, -0.2) is 23.1 Å². The summed E-state index contributed by atoms with van der Waals surface area (Å²) >= 11 is 3.40. The number of hydrogen-bond donors (Lipinski definition) is 0. The van der Waals surface area contributed by atoms with E-state index in [1.54, 1.807) is 6.20 Å². The molecule has 1 aromatic rings. The zero-order chi connectivity index (χ0) is 10.4. The molecule has 0 bridgehead atoms. The molecule has 0 aromatic carbocycles. The molecule has 1 rings (SSSR count). The Morgan fingerprint density at radius 3 is 2.50 bits per heavy atom. The quantitative estimate of drug-likeness (QED) is 0.755. The van der Waals surface area contributed by atoms with Gasteiger partial charge in [0.2, 0.25) is 0 Å². The lowest BCUT2D eigenvalue weighted by molar-refractivity contribution is 0.911. The molecule has 1 aromatic heterocycles. The highest BCUT2D eigenvalue weighted by Gasteiger charge is 2.07. The van der Waals surface area contributed by atoms with Crippen molar-refractivity contribution in [2.45, 2.75) is 0 Å². The SMILES string of the molecule is C=CCN(CC=C)c1ncncc1Br. The maximum absolute atomic E-state index is 4.19. The molecule has 74 valence electrons. The van der Waals surface area contributed by atoms with Gasteiger partial charge >= 0.3 is 0 Å². The summed E-state index contributed by atoms with van der Waals surface area (Å²) in [4.78, 5) is 10.1. The first-order valence-corrected chi connectivity index (χ1v) is 5.01. The normalized spacial score (nSPS) is 9.50. The highest BCUT2D eigenvalue weighted by atomic mass is 79.9. The molecule has 0 amide bonds. The molecule has 0 saturated carbocycles. The first kappa shape index (κ1) is 10.9. The number of anilines is 1. The average molecular weight is 254 g/mol. The van der Waals surface area contributed by atoms with E-state index in [1.807, 2.05) is 17.1 Å². The number of hydrogen-bond acceptors (Lipinski definition) is 3. The number of rotatable bonds is 5. The van der Waals surface area contributed by atoms with Crippen molar-refractivity contribution < 1.29 is 0 Å². The summed E-state index contributed by atoms with van der Waals surface area (Å²) in [5, 5.41) is 0. The van der Waals surface area contributed by atoms with Gasteiger partial charge in [0.25, 0.3) is 0 Å². The van der Waals surface area contributed by atoms with E-state index in [1.165, 1.54) is 6.33 Å². The van der Waals surface area contributed by atoms with Crippen molar-refractivity contribution in [3.05, 3.63) is 42.3 Å². The van der Waals surface area contributed by atoms with Gasteiger partial charge < -0.3 is 4.90 Å². The second-order valence-electron chi connectivity index (χ2n) is 2.68. The lowest BCUT2D eigenvalue weighted by Gasteiger charge is -2.20. The zero-order valence-corrected chi connectivity index (χ0v) is 9.44. The van der Waals surface area contributed by atoms with Crippen molar-refractivity contribution in [1.82, 2.24) is 9.97 Å². The predicted molar refractivity (Wildman–Crippen MR) is 62.3 cm³/mol. The Labute approximate surface area is 92.3 Å². The molecule has 0 aliphatic rings. The topological polar surface area (TPSA) is 29.0 Å². The van der Waals surface area contributed by atoms with Crippen molar-refractivity contribution in [3.8, 4) is 0 Å². The van der Waals surface area contributed by atoms with Crippen LogP contribution < -0.4 is 4.90 Å². The first-order chi connectivity index (χ1) is 6.79. The Kier molecular flexibility index (Phi) is 4.32. The Morgan fingerprint density at radius 1 is 1.36 bits per heavy atom. The fourth-order valence-corrected chi connectivity index (χ4v) is 1.57. The number of nitrogens with zero attached hydrogens (tertiary/aromatic N) is 3. The van der Waals surface area contributed by atoms with Crippen LogP contribution in [0.4, 0.5) is 5.82 Å². The molecule has 0 fully saturated rings. The van der Waals surface area contributed by atoms with Crippen LogP contribution in [0.2, 0.25) is 0 Å². The maximum atomic E-state index is 4.19. The van der Waals surface area contributed by atoms with Crippen molar-refractivity contribution in [2.24, 2.45) is 0 Å². The third kappa shape index (κ3) is 2.67. The fraction of sp³-hybridized carbons (Fsp3) is 0.200. The molecule has 0 aliphatic carbocycles. The van der Waals surface area contributed by atoms with Crippen LogP contribution in [0, 0.1) is 0 Å². The molecule has 0 spiro atoms. The Morgan fingerprint density at radius 2 is 2.00 bits per heavy atom. The van der Waals surface area contributed by atoms with Gasteiger partial charge in [0, 0.05) is 19.3 Å². The molecule has 0 radical (unpaired) electrons. The van der Waals surface area contributed by atoms with Crippen LogP contribution >= 0.6 is 15.9 Å². The summed E-state index contributed by atoms with van der Waals surface area (Å²) in [7, 11) is 0. The van der Waals surface area contributed by atoms with E-state index in [0.717, 1.165) is 23.4 Å². The second kappa shape index (κ2) is 5.54. The van der Waals surface area contributed by atoms with Gasteiger partial charge in [-0.2, -0.15) is 0 Å². The van der Waals surface area contributed by atoms with Gasteiger partial charge in [-0.15, -0.1) is 13.2 Å². The molecule has 0 unspecified atom stereocenters. The smallest absolute Gasteiger partial charge is 0.146 e. The summed E-state index contributed by atoms with van der Waals surface area (Å²) in [5.74, 6) is 0.861. The van der Waals surface area contributed by atoms with Gasteiger partial charge in [0.15, 0.2) is 0 Å². The van der Waals surface area contributed by atoms with Crippen LogP contribution in [0.5, 0.6) is 0 Å². The van der Waals surface area contributed by atoms with Gasteiger partial charge in [0.05, 0.1) is 4.47 Å². The summed E-state index contributed by atoms with van der Waals surface area (Å²) in [6.45, 7) is 8.88. The molecule has 0 atom stereocenters. The van der Waals surface area contributed by atoms with E-state index in [9.17, 15) is 0 Å². The van der Waals surface area contributed by atoms with Crippen LogP contribution in [0.3, 0.4) is 0 Å². The van der Waals surface area contributed by atoms with E-state index >= 15 is 0 Å². The summed E-state index contributed by atoms with van der Waals surface area (Å²) in [6.07, 6.45) is 6.91. The third-order valence-electron chi connectivity index (χ3n) is 1.65. The van der Waals surface area contributed by atoms with Gasteiger partial charge in [-0.3, -0.25) is 0 Å². The summed E-state index contributed by atoms with van der Waals surface area (Å²) < 4.78 is 0.878. The molecule has 0 aliphatic heterocycles. The Balaban J connectivity index is 2.91. The molecule has 0 saturated heterocycles. The first-order valence-electron chi connectivity index (χ1n) is 4.21. The number of aromatic nitrogens is 2. The molecule has 3 nitrogen and oxygen atoms in total. The monoisotopic (exact) mass is 253 g/mol.